The molecule has 0 unspecified atom stereocenters. The second-order valence-corrected chi connectivity index (χ2v) is 5.48. The van der Waals surface area contributed by atoms with Gasteiger partial charge >= 0.3 is 11.9 Å². The first-order chi connectivity index (χ1) is 11.7. The van der Waals surface area contributed by atoms with Gasteiger partial charge in [0.2, 0.25) is 0 Å². The first-order valence-electron chi connectivity index (χ1n) is 8.70. The molecule has 0 aliphatic rings. The average molecular weight is 344 g/mol. The van der Waals surface area contributed by atoms with Gasteiger partial charge in [0.15, 0.2) is 0 Å². The number of hydrogen-bond donors (Lipinski definition) is 0. The predicted octanol–water partition coefficient (Wildman–Crippen LogP) is 3.04. The SMILES string of the molecule is COCCCCCCOC(=O)/C=C/C(=O)OCCCCCCOC. The molecule has 0 fully saturated rings. The number of carbonyl (C=O) groups is 2. The van der Waals surface area contributed by atoms with E-state index < -0.39 is 11.9 Å². The number of rotatable bonds is 16. The topological polar surface area (TPSA) is 71.1 Å². The fourth-order valence-electron chi connectivity index (χ4n) is 1.98. The molecule has 0 atom stereocenters. The van der Waals surface area contributed by atoms with Crippen molar-refractivity contribution in [1.82, 2.24) is 0 Å². The van der Waals surface area contributed by atoms with E-state index >= 15 is 0 Å². The lowest BCUT2D eigenvalue weighted by atomic mass is 10.2. The molecule has 0 aliphatic heterocycles. The van der Waals surface area contributed by atoms with Crippen LogP contribution in [-0.2, 0) is 28.5 Å². The Hall–Kier alpha value is -1.40. The Bertz CT molecular complexity index is 308. The van der Waals surface area contributed by atoms with Gasteiger partial charge in [0.05, 0.1) is 13.2 Å². The largest absolute Gasteiger partial charge is 0.463 e. The third-order valence-corrected chi connectivity index (χ3v) is 3.33. The maximum Gasteiger partial charge on any atom is 0.331 e. The summed E-state index contributed by atoms with van der Waals surface area (Å²) in [6, 6.07) is 0. The molecule has 0 radical (unpaired) electrons. The van der Waals surface area contributed by atoms with Crippen molar-refractivity contribution in [3.8, 4) is 0 Å². The van der Waals surface area contributed by atoms with Crippen LogP contribution in [0.1, 0.15) is 51.4 Å². The van der Waals surface area contributed by atoms with Crippen molar-refractivity contribution < 1.29 is 28.5 Å². The Morgan fingerprint density at radius 1 is 0.583 bits per heavy atom. The number of unbranched alkanes of at least 4 members (excludes halogenated alkanes) is 6. The second-order valence-electron chi connectivity index (χ2n) is 5.48. The highest BCUT2D eigenvalue weighted by molar-refractivity contribution is 5.91. The van der Waals surface area contributed by atoms with Gasteiger partial charge in [-0.05, 0) is 38.5 Å². The standard InChI is InChI=1S/C18H32O6/c1-21-13-7-3-5-9-15-23-17(19)11-12-18(20)24-16-10-6-4-8-14-22-2/h11-12H,3-10,13-16H2,1-2H3/b12-11+. The Balaban J connectivity index is 3.48. The third-order valence-electron chi connectivity index (χ3n) is 3.33. The first-order valence-corrected chi connectivity index (χ1v) is 8.70. The van der Waals surface area contributed by atoms with E-state index in [0.717, 1.165) is 76.7 Å². The van der Waals surface area contributed by atoms with E-state index in [1.165, 1.54) is 0 Å². The van der Waals surface area contributed by atoms with Gasteiger partial charge < -0.3 is 18.9 Å². The molecule has 0 aromatic heterocycles. The number of esters is 2. The summed E-state index contributed by atoms with van der Waals surface area (Å²) in [6.45, 7) is 2.26. The van der Waals surface area contributed by atoms with E-state index in [4.69, 9.17) is 18.9 Å². The molecule has 6 heteroatoms. The number of hydrogen-bond acceptors (Lipinski definition) is 6. The van der Waals surface area contributed by atoms with E-state index in [-0.39, 0.29) is 0 Å². The monoisotopic (exact) mass is 344 g/mol. The maximum absolute atomic E-state index is 11.4. The first kappa shape index (κ1) is 22.6. The van der Waals surface area contributed by atoms with Crippen LogP contribution in [0.2, 0.25) is 0 Å². The van der Waals surface area contributed by atoms with Gasteiger partial charge in [-0.3, -0.25) is 0 Å². The van der Waals surface area contributed by atoms with Crippen molar-refractivity contribution in [3.63, 3.8) is 0 Å². The van der Waals surface area contributed by atoms with E-state index in [0.29, 0.717) is 13.2 Å². The fourth-order valence-corrected chi connectivity index (χ4v) is 1.98. The smallest absolute Gasteiger partial charge is 0.331 e. The summed E-state index contributed by atoms with van der Waals surface area (Å²) in [5, 5.41) is 0. The van der Waals surface area contributed by atoms with Crippen LogP contribution in [-0.4, -0.2) is 52.6 Å². The van der Waals surface area contributed by atoms with Gasteiger partial charge in [-0.2, -0.15) is 0 Å². The minimum absolute atomic E-state index is 0.368. The fraction of sp³-hybridized carbons (Fsp3) is 0.778. The third kappa shape index (κ3) is 17.0. The van der Waals surface area contributed by atoms with Crippen molar-refractivity contribution >= 4 is 11.9 Å². The van der Waals surface area contributed by atoms with Gasteiger partial charge in [0.1, 0.15) is 0 Å². The number of ether oxygens (including phenoxy) is 4. The normalized spacial score (nSPS) is 10.9. The summed E-state index contributed by atoms with van der Waals surface area (Å²) in [5.74, 6) is -1.02. The molecule has 0 spiro atoms. The van der Waals surface area contributed by atoms with Crippen LogP contribution in [0.3, 0.4) is 0 Å². The van der Waals surface area contributed by atoms with Gasteiger partial charge in [-0.1, -0.05) is 12.8 Å². The molecule has 0 N–H and O–H groups in total. The zero-order valence-electron chi connectivity index (χ0n) is 15.1. The summed E-state index contributed by atoms with van der Waals surface area (Å²) in [7, 11) is 3.37. The highest BCUT2D eigenvalue weighted by atomic mass is 16.5. The summed E-state index contributed by atoms with van der Waals surface area (Å²) in [5.41, 5.74) is 0. The second kappa shape index (κ2) is 17.9. The van der Waals surface area contributed by atoms with Crippen molar-refractivity contribution in [1.29, 1.82) is 0 Å². The van der Waals surface area contributed by atoms with Crippen LogP contribution in [0.4, 0.5) is 0 Å². The van der Waals surface area contributed by atoms with E-state index in [2.05, 4.69) is 0 Å². The predicted molar refractivity (Wildman–Crippen MR) is 91.7 cm³/mol. The summed E-state index contributed by atoms with van der Waals surface area (Å²) >= 11 is 0. The minimum Gasteiger partial charge on any atom is -0.463 e. The molecular formula is C18H32O6. The van der Waals surface area contributed by atoms with Crippen molar-refractivity contribution in [2.24, 2.45) is 0 Å². The highest BCUT2D eigenvalue weighted by Gasteiger charge is 2.01. The molecule has 24 heavy (non-hydrogen) atoms. The molecule has 0 saturated heterocycles. The Labute approximate surface area is 145 Å². The van der Waals surface area contributed by atoms with Crippen LogP contribution >= 0.6 is 0 Å². The van der Waals surface area contributed by atoms with Crippen LogP contribution < -0.4 is 0 Å². The molecule has 0 aromatic carbocycles. The van der Waals surface area contributed by atoms with Crippen LogP contribution in [0.15, 0.2) is 12.2 Å². The average Bonchev–Trinajstić information content (AvgIpc) is 2.58. The van der Waals surface area contributed by atoms with Crippen molar-refractivity contribution in [3.05, 3.63) is 12.2 Å². The van der Waals surface area contributed by atoms with Gasteiger partial charge in [-0.15, -0.1) is 0 Å². The molecule has 0 saturated carbocycles. The quantitative estimate of drug-likeness (QED) is 0.243. The van der Waals surface area contributed by atoms with E-state index in [1.807, 2.05) is 0 Å². The van der Waals surface area contributed by atoms with Crippen LogP contribution in [0, 0.1) is 0 Å². The van der Waals surface area contributed by atoms with Gasteiger partial charge in [0.25, 0.3) is 0 Å². The molecule has 0 bridgehead atoms. The molecule has 140 valence electrons. The van der Waals surface area contributed by atoms with Crippen LogP contribution in [0.25, 0.3) is 0 Å². The summed E-state index contributed by atoms with van der Waals surface area (Å²) < 4.78 is 19.9. The molecule has 6 nitrogen and oxygen atoms in total. The Morgan fingerprint density at radius 2 is 0.917 bits per heavy atom. The summed E-state index contributed by atoms with van der Waals surface area (Å²) in [6.07, 6.45) is 9.99. The van der Waals surface area contributed by atoms with Crippen LogP contribution in [0.5, 0.6) is 0 Å². The summed E-state index contributed by atoms with van der Waals surface area (Å²) in [4.78, 5) is 22.8. The Morgan fingerprint density at radius 3 is 1.25 bits per heavy atom. The van der Waals surface area contributed by atoms with Gasteiger partial charge in [0, 0.05) is 39.6 Å². The molecule has 0 aliphatic carbocycles. The molecule has 0 amide bonds. The van der Waals surface area contributed by atoms with E-state index in [9.17, 15) is 9.59 Å². The van der Waals surface area contributed by atoms with Crippen molar-refractivity contribution in [2.75, 3.05) is 40.6 Å². The minimum atomic E-state index is -0.511. The highest BCUT2D eigenvalue weighted by Crippen LogP contribution is 2.01. The zero-order valence-corrected chi connectivity index (χ0v) is 15.1. The number of carbonyl (C=O) groups excluding carboxylic acids is 2. The zero-order chi connectivity index (χ0) is 17.9. The molecular weight excluding hydrogens is 312 g/mol. The lowest BCUT2D eigenvalue weighted by Crippen LogP contribution is -2.06. The lowest BCUT2D eigenvalue weighted by molar-refractivity contribution is -0.140. The van der Waals surface area contributed by atoms with E-state index in [1.54, 1.807) is 14.2 Å². The number of methoxy groups -OCH3 is 2. The molecule has 0 aromatic rings. The maximum atomic E-state index is 11.4. The van der Waals surface area contributed by atoms with Crippen molar-refractivity contribution in [2.45, 2.75) is 51.4 Å². The molecule has 0 rings (SSSR count). The Kier molecular flexibility index (Phi) is 16.9. The van der Waals surface area contributed by atoms with Gasteiger partial charge in [-0.25, -0.2) is 9.59 Å². The molecule has 0 heterocycles. The lowest BCUT2D eigenvalue weighted by Gasteiger charge is -2.03.